The van der Waals surface area contributed by atoms with Crippen LogP contribution in [0.1, 0.15) is 31.4 Å². The largest absolute Gasteiger partial charge is 0.354 e. The number of rotatable bonds is 10. The Kier molecular flexibility index (Phi) is 9.85. The van der Waals surface area contributed by atoms with E-state index in [2.05, 4.69) is 5.32 Å². The van der Waals surface area contributed by atoms with Gasteiger partial charge in [0.1, 0.15) is 6.04 Å². The monoisotopic (exact) mass is 452 g/mol. The third-order valence-corrected chi connectivity index (χ3v) is 6.16. The maximum atomic E-state index is 13.0. The van der Waals surface area contributed by atoms with Crippen LogP contribution >= 0.6 is 35.0 Å². The van der Waals surface area contributed by atoms with Crippen molar-refractivity contribution in [1.29, 1.82) is 0 Å². The highest BCUT2D eigenvalue weighted by Gasteiger charge is 2.26. The number of hydrogen-bond acceptors (Lipinski definition) is 3. The summed E-state index contributed by atoms with van der Waals surface area (Å²) in [5.41, 5.74) is 1.80. The third-order valence-electron chi connectivity index (χ3n) is 4.46. The van der Waals surface area contributed by atoms with Crippen LogP contribution in [0.25, 0.3) is 0 Å². The predicted octanol–water partition coefficient (Wildman–Crippen LogP) is 5.17. The first-order valence-electron chi connectivity index (χ1n) is 9.55. The van der Waals surface area contributed by atoms with E-state index in [4.69, 9.17) is 23.2 Å². The van der Waals surface area contributed by atoms with Crippen molar-refractivity contribution < 1.29 is 9.59 Å². The van der Waals surface area contributed by atoms with Crippen LogP contribution in [0.3, 0.4) is 0 Å². The van der Waals surface area contributed by atoms with Gasteiger partial charge in [-0.25, -0.2) is 0 Å². The Morgan fingerprint density at radius 1 is 1.03 bits per heavy atom. The van der Waals surface area contributed by atoms with Crippen LogP contribution in [0.15, 0.2) is 48.5 Å². The lowest BCUT2D eigenvalue weighted by molar-refractivity contribution is -0.138. The molecule has 0 fully saturated rings. The smallest absolute Gasteiger partial charge is 0.242 e. The Hall–Kier alpha value is -1.69. The van der Waals surface area contributed by atoms with Gasteiger partial charge >= 0.3 is 0 Å². The molecule has 0 radical (unpaired) electrons. The summed E-state index contributed by atoms with van der Waals surface area (Å²) in [6.45, 7) is 4.60. The number of nitrogens with zero attached hydrogens (tertiary/aromatic N) is 1. The van der Waals surface area contributed by atoms with Gasteiger partial charge in [0.2, 0.25) is 11.8 Å². The molecule has 7 heteroatoms. The molecule has 0 bridgehead atoms. The molecule has 0 aromatic heterocycles. The molecule has 0 saturated carbocycles. The zero-order chi connectivity index (χ0) is 21.2. The topological polar surface area (TPSA) is 49.4 Å². The average Bonchev–Trinajstić information content (AvgIpc) is 2.72. The number of benzene rings is 2. The molecule has 2 aromatic rings. The maximum Gasteiger partial charge on any atom is 0.242 e. The number of hydrogen-bond donors (Lipinski definition) is 1. The SMILES string of the molecule is CCCNC(=O)[C@@H](C)N(Cc1ccccc1Cl)C(=O)CSCc1ccccc1Cl. The van der Waals surface area contributed by atoms with Crippen LogP contribution in [0.5, 0.6) is 0 Å². The van der Waals surface area contributed by atoms with E-state index in [0.29, 0.717) is 22.3 Å². The predicted molar refractivity (Wildman–Crippen MR) is 122 cm³/mol. The van der Waals surface area contributed by atoms with Crippen molar-refractivity contribution >= 4 is 46.8 Å². The van der Waals surface area contributed by atoms with Crippen molar-refractivity contribution in [1.82, 2.24) is 10.2 Å². The minimum absolute atomic E-state index is 0.110. The fourth-order valence-electron chi connectivity index (χ4n) is 2.74. The van der Waals surface area contributed by atoms with Gasteiger partial charge in [-0.05, 0) is 36.6 Å². The molecular formula is C22H26Cl2N2O2S. The molecule has 2 rings (SSSR count). The molecule has 29 heavy (non-hydrogen) atoms. The molecule has 2 amide bonds. The molecule has 0 aliphatic heterocycles. The Bertz CT molecular complexity index is 832. The molecule has 2 aromatic carbocycles. The van der Waals surface area contributed by atoms with Crippen LogP contribution < -0.4 is 5.32 Å². The minimum atomic E-state index is -0.591. The molecule has 1 N–H and O–H groups in total. The van der Waals surface area contributed by atoms with Gasteiger partial charge in [-0.3, -0.25) is 9.59 Å². The second kappa shape index (κ2) is 12.1. The fourth-order valence-corrected chi connectivity index (χ4v) is 4.13. The van der Waals surface area contributed by atoms with Crippen molar-refractivity contribution in [3.8, 4) is 0 Å². The zero-order valence-electron chi connectivity index (χ0n) is 16.7. The van der Waals surface area contributed by atoms with E-state index in [-0.39, 0.29) is 24.1 Å². The highest BCUT2D eigenvalue weighted by atomic mass is 35.5. The molecule has 156 valence electrons. The number of halogens is 2. The van der Waals surface area contributed by atoms with E-state index in [1.165, 1.54) is 11.8 Å². The number of thioether (sulfide) groups is 1. The van der Waals surface area contributed by atoms with Crippen LogP contribution in [0, 0.1) is 0 Å². The third kappa shape index (κ3) is 7.25. The lowest BCUT2D eigenvalue weighted by Gasteiger charge is -2.29. The first-order valence-corrected chi connectivity index (χ1v) is 11.5. The number of carbonyl (C=O) groups is 2. The average molecular weight is 453 g/mol. The number of carbonyl (C=O) groups excluding carboxylic acids is 2. The summed E-state index contributed by atoms with van der Waals surface area (Å²) in [6, 6.07) is 14.4. The van der Waals surface area contributed by atoms with Gasteiger partial charge in [0.25, 0.3) is 0 Å². The normalized spacial score (nSPS) is 11.7. The van der Waals surface area contributed by atoms with Crippen LogP contribution in [0.2, 0.25) is 10.0 Å². The molecule has 0 aliphatic carbocycles. The van der Waals surface area contributed by atoms with E-state index >= 15 is 0 Å². The lowest BCUT2D eigenvalue weighted by Crippen LogP contribution is -2.48. The van der Waals surface area contributed by atoms with Gasteiger partial charge in [-0.15, -0.1) is 11.8 Å². The first kappa shape index (κ1) is 23.6. The van der Waals surface area contributed by atoms with Crippen LogP contribution in [-0.2, 0) is 21.9 Å². The molecular weight excluding hydrogens is 427 g/mol. The fraction of sp³-hybridized carbons (Fsp3) is 0.364. The second-order valence-electron chi connectivity index (χ2n) is 6.66. The number of amides is 2. The molecule has 4 nitrogen and oxygen atoms in total. The summed E-state index contributed by atoms with van der Waals surface area (Å²) in [5, 5.41) is 4.13. The van der Waals surface area contributed by atoms with Crippen LogP contribution in [0.4, 0.5) is 0 Å². The van der Waals surface area contributed by atoms with Gasteiger partial charge in [-0.2, -0.15) is 0 Å². The molecule has 0 unspecified atom stereocenters. The van der Waals surface area contributed by atoms with E-state index in [1.54, 1.807) is 17.9 Å². The second-order valence-corrected chi connectivity index (χ2v) is 8.46. The summed E-state index contributed by atoms with van der Waals surface area (Å²) < 4.78 is 0. The van der Waals surface area contributed by atoms with Gasteiger partial charge in [-0.1, -0.05) is 66.5 Å². The Morgan fingerprint density at radius 3 is 2.21 bits per heavy atom. The summed E-state index contributed by atoms with van der Waals surface area (Å²) >= 11 is 14.0. The molecule has 0 saturated heterocycles. The van der Waals surface area contributed by atoms with Crippen molar-refractivity contribution in [2.75, 3.05) is 12.3 Å². The highest BCUT2D eigenvalue weighted by Crippen LogP contribution is 2.23. The Morgan fingerprint density at radius 2 is 1.62 bits per heavy atom. The molecule has 1 atom stereocenters. The minimum Gasteiger partial charge on any atom is -0.354 e. The van der Waals surface area contributed by atoms with Gasteiger partial charge in [0.15, 0.2) is 0 Å². The quantitative estimate of drug-likeness (QED) is 0.540. The van der Waals surface area contributed by atoms with E-state index in [0.717, 1.165) is 17.5 Å². The highest BCUT2D eigenvalue weighted by molar-refractivity contribution is 7.99. The summed E-state index contributed by atoms with van der Waals surface area (Å²) in [6.07, 6.45) is 0.838. The van der Waals surface area contributed by atoms with Crippen LogP contribution in [-0.4, -0.2) is 35.1 Å². The zero-order valence-corrected chi connectivity index (χ0v) is 19.0. The van der Waals surface area contributed by atoms with E-state index in [1.807, 2.05) is 49.4 Å². The lowest BCUT2D eigenvalue weighted by atomic mass is 10.1. The maximum absolute atomic E-state index is 13.0. The number of nitrogens with one attached hydrogen (secondary N) is 1. The van der Waals surface area contributed by atoms with Crippen molar-refractivity contribution in [3.63, 3.8) is 0 Å². The molecule has 0 aliphatic rings. The van der Waals surface area contributed by atoms with Gasteiger partial charge in [0, 0.05) is 28.9 Å². The van der Waals surface area contributed by atoms with Gasteiger partial charge < -0.3 is 10.2 Å². The summed E-state index contributed by atoms with van der Waals surface area (Å²) in [4.78, 5) is 27.1. The molecule has 0 heterocycles. The standard InChI is InChI=1S/C22H26Cl2N2O2S/c1-3-12-25-22(28)16(2)26(13-17-8-4-6-10-19(17)23)21(27)15-29-14-18-9-5-7-11-20(18)24/h4-11,16H,3,12-15H2,1-2H3,(H,25,28)/t16-/m1/s1. The van der Waals surface area contributed by atoms with E-state index < -0.39 is 6.04 Å². The Balaban J connectivity index is 2.08. The summed E-state index contributed by atoms with van der Waals surface area (Å²) in [5.74, 6) is 0.604. The molecule has 0 spiro atoms. The van der Waals surface area contributed by atoms with Gasteiger partial charge in [0.05, 0.1) is 5.75 Å². The van der Waals surface area contributed by atoms with Crippen molar-refractivity contribution in [2.24, 2.45) is 0 Å². The Labute approximate surface area is 187 Å². The van der Waals surface area contributed by atoms with E-state index in [9.17, 15) is 9.59 Å². The van der Waals surface area contributed by atoms with Crippen molar-refractivity contribution in [3.05, 3.63) is 69.7 Å². The van der Waals surface area contributed by atoms with Crippen molar-refractivity contribution in [2.45, 2.75) is 38.6 Å². The summed E-state index contributed by atoms with van der Waals surface area (Å²) in [7, 11) is 0. The first-order chi connectivity index (χ1) is 13.9.